The van der Waals surface area contributed by atoms with Gasteiger partial charge in [-0.1, -0.05) is 20.8 Å². The molecule has 0 aliphatic rings. The summed E-state index contributed by atoms with van der Waals surface area (Å²) in [5, 5.41) is 0. The highest BCUT2D eigenvalue weighted by Gasteiger charge is 2.16. The molecular formula is C11H17NO2. The number of pyridine rings is 1. The highest BCUT2D eigenvalue weighted by molar-refractivity contribution is 5.32. The minimum atomic E-state index is 0.0729. The highest BCUT2D eigenvalue weighted by Crippen LogP contribution is 2.27. The van der Waals surface area contributed by atoms with E-state index in [-0.39, 0.29) is 5.41 Å². The summed E-state index contributed by atoms with van der Waals surface area (Å²) in [6.07, 6.45) is 0. The fourth-order valence-corrected chi connectivity index (χ4v) is 1.12. The first-order valence-corrected chi connectivity index (χ1v) is 4.58. The number of hydrogen-bond acceptors (Lipinski definition) is 3. The van der Waals surface area contributed by atoms with Crippen LogP contribution in [0.1, 0.15) is 26.3 Å². The molecule has 0 aromatic carbocycles. The molecule has 0 unspecified atom stereocenters. The molecule has 0 saturated heterocycles. The maximum absolute atomic E-state index is 5.10. The van der Waals surface area contributed by atoms with Crippen LogP contribution >= 0.6 is 0 Å². The SMILES string of the molecule is COc1cc(C(C)(C)C)cc(OC)n1. The molecule has 0 fully saturated rings. The zero-order chi connectivity index (χ0) is 10.8. The molecule has 0 radical (unpaired) electrons. The van der Waals surface area contributed by atoms with Crippen LogP contribution in [0.25, 0.3) is 0 Å². The Morgan fingerprint density at radius 1 is 1.00 bits per heavy atom. The minimum absolute atomic E-state index is 0.0729. The van der Waals surface area contributed by atoms with E-state index in [1.54, 1.807) is 14.2 Å². The van der Waals surface area contributed by atoms with Crippen molar-refractivity contribution in [3.05, 3.63) is 17.7 Å². The predicted molar refractivity (Wildman–Crippen MR) is 56.0 cm³/mol. The number of methoxy groups -OCH3 is 2. The summed E-state index contributed by atoms with van der Waals surface area (Å²) in [4.78, 5) is 4.14. The lowest BCUT2D eigenvalue weighted by atomic mass is 9.88. The summed E-state index contributed by atoms with van der Waals surface area (Å²) >= 11 is 0. The van der Waals surface area contributed by atoms with E-state index in [4.69, 9.17) is 9.47 Å². The summed E-state index contributed by atoms with van der Waals surface area (Å²) in [6.45, 7) is 6.42. The molecule has 78 valence electrons. The van der Waals surface area contributed by atoms with E-state index in [0.717, 1.165) is 5.56 Å². The van der Waals surface area contributed by atoms with Crippen LogP contribution in [-0.2, 0) is 5.41 Å². The zero-order valence-corrected chi connectivity index (χ0v) is 9.42. The Bertz CT molecular complexity index is 293. The Labute approximate surface area is 85.1 Å². The average molecular weight is 195 g/mol. The van der Waals surface area contributed by atoms with Gasteiger partial charge in [0.15, 0.2) is 0 Å². The number of hydrogen-bond donors (Lipinski definition) is 0. The topological polar surface area (TPSA) is 31.4 Å². The Morgan fingerprint density at radius 3 is 1.71 bits per heavy atom. The van der Waals surface area contributed by atoms with Crippen molar-refractivity contribution >= 4 is 0 Å². The maximum atomic E-state index is 5.10. The maximum Gasteiger partial charge on any atom is 0.216 e. The molecule has 0 aliphatic heterocycles. The molecule has 14 heavy (non-hydrogen) atoms. The standard InChI is InChI=1S/C11H17NO2/c1-11(2,3)8-6-9(13-4)12-10(7-8)14-5/h6-7H,1-5H3. The lowest BCUT2D eigenvalue weighted by molar-refractivity contribution is 0.361. The van der Waals surface area contributed by atoms with Crippen molar-refractivity contribution in [2.45, 2.75) is 26.2 Å². The van der Waals surface area contributed by atoms with Gasteiger partial charge in [0.25, 0.3) is 0 Å². The molecule has 0 atom stereocenters. The second-order valence-corrected chi connectivity index (χ2v) is 4.19. The van der Waals surface area contributed by atoms with Crippen LogP contribution in [-0.4, -0.2) is 19.2 Å². The van der Waals surface area contributed by atoms with Gasteiger partial charge in [0.05, 0.1) is 14.2 Å². The number of ether oxygens (including phenoxy) is 2. The summed E-state index contributed by atoms with van der Waals surface area (Å²) in [5.74, 6) is 1.18. The van der Waals surface area contributed by atoms with Crippen LogP contribution in [0.5, 0.6) is 11.8 Å². The van der Waals surface area contributed by atoms with Crippen molar-refractivity contribution in [3.8, 4) is 11.8 Å². The first-order valence-electron chi connectivity index (χ1n) is 4.58. The Morgan fingerprint density at radius 2 is 1.43 bits per heavy atom. The molecule has 0 spiro atoms. The van der Waals surface area contributed by atoms with Gasteiger partial charge in [-0.25, -0.2) is 0 Å². The van der Waals surface area contributed by atoms with Gasteiger partial charge in [-0.2, -0.15) is 4.98 Å². The summed E-state index contributed by atoms with van der Waals surface area (Å²) in [6, 6.07) is 3.87. The van der Waals surface area contributed by atoms with E-state index in [9.17, 15) is 0 Å². The molecule has 3 heteroatoms. The molecule has 1 rings (SSSR count). The smallest absolute Gasteiger partial charge is 0.216 e. The van der Waals surface area contributed by atoms with E-state index in [2.05, 4.69) is 25.8 Å². The van der Waals surface area contributed by atoms with Crippen LogP contribution in [0.3, 0.4) is 0 Å². The minimum Gasteiger partial charge on any atom is -0.481 e. The van der Waals surface area contributed by atoms with Gasteiger partial charge in [0.1, 0.15) is 0 Å². The number of aromatic nitrogens is 1. The van der Waals surface area contributed by atoms with Gasteiger partial charge in [-0.15, -0.1) is 0 Å². The number of nitrogens with zero attached hydrogens (tertiary/aromatic N) is 1. The van der Waals surface area contributed by atoms with Crippen LogP contribution in [0.15, 0.2) is 12.1 Å². The number of rotatable bonds is 2. The third kappa shape index (κ3) is 2.37. The van der Waals surface area contributed by atoms with Crippen molar-refractivity contribution in [1.29, 1.82) is 0 Å². The largest absolute Gasteiger partial charge is 0.481 e. The van der Waals surface area contributed by atoms with E-state index in [1.807, 2.05) is 12.1 Å². The summed E-state index contributed by atoms with van der Waals surface area (Å²) in [7, 11) is 3.21. The monoisotopic (exact) mass is 195 g/mol. The third-order valence-corrected chi connectivity index (χ3v) is 2.06. The molecule has 1 heterocycles. The molecule has 1 aromatic heterocycles. The van der Waals surface area contributed by atoms with Crippen molar-refractivity contribution in [1.82, 2.24) is 4.98 Å². The fourth-order valence-electron chi connectivity index (χ4n) is 1.12. The van der Waals surface area contributed by atoms with Crippen LogP contribution in [0.4, 0.5) is 0 Å². The average Bonchev–Trinajstić information content (AvgIpc) is 2.15. The van der Waals surface area contributed by atoms with Crippen LogP contribution in [0, 0.1) is 0 Å². The van der Waals surface area contributed by atoms with Gasteiger partial charge in [0, 0.05) is 12.1 Å². The van der Waals surface area contributed by atoms with Crippen molar-refractivity contribution in [2.24, 2.45) is 0 Å². The molecular weight excluding hydrogens is 178 g/mol. The molecule has 0 N–H and O–H groups in total. The van der Waals surface area contributed by atoms with Crippen LogP contribution < -0.4 is 9.47 Å². The quantitative estimate of drug-likeness (QED) is 0.726. The molecule has 3 nitrogen and oxygen atoms in total. The van der Waals surface area contributed by atoms with E-state index < -0.39 is 0 Å². The first-order chi connectivity index (χ1) is 6.47. The molecule has 0 aliphatic carbocycles. The lowest BCUT2D eigenvalue weighted by Crippen LogP contribution is -2.12. The fraction of sp³-hybridized carbons (Fsp3) is 0.545. The zero-order valence-electron chi connectivity index (χ0n) is 9.42. The van der Waals surface area contributed by atoms with Crippen molar-refractivity contribution < 1.29 is 9.47 Å². The summed E-state index contributed by atoms with van der Waals surface area (Å²) in [5.41, 5.74) is 1.23. The van der Waals surface area contributed by atoms with Gasteiger partial charge in [-0.05, 0) is 11.0 Å². The Hall–Kier alpha value is -1.25. The van der Waals surface area contributed by atoms with Crippen LogP contribution in [0.2, 0.25) is 0 Å². The molecule has 0 amide bonds. The predicted octanol–water partition coefficient (Wildman–Crippen LogP) is 2.40. The van der Waals surface area contributed by atoms with Gasteiger partial charge in [0.2, 0.25) is 11.8 Å². The van der Waals surface area contributed by atoms with E-state index in [0.29, 0.717) is 11.8 Å². The Balaban J connectivity index is 3.17. The second-order valence-electron chi connectivity index (χ2n) is 4.19. The second kappa shape index (κ2) is 3.86. The van der Waals surface area contributed by atoms with Crippen molar-refractivity contribution in [3.63, 3.8) is 0 Å². The summed E-state index contributed by atoms with van der Waals surface area (Å²) < 4.78 is 10.2. The molecule has 0 saturated carbocycles. The third-order valence-electron chi connectivity index (χ3n) is 2.06. The van der Waals surface area contributed by atoms with Gasteiger partial charge in [-0.3, -0.25) is 0 Å². The highest BCUT2D eigenvalue weighted by atomic mass is 16.5. The van der Waals surface area contributed by atoms with E-state index in [1.165, 1.54) is 0 Å². The van der Waals surface area contributed by atoms with Crippen molar-refractivity contribution in [2.75, 3.05) is 14.2 Å². The lowest BCUT2D eigenvalue weighted by Gasteiger charge is -2.19. The first kappa shape index (κ1) is 10.8. The normalized spacial score (nSPS) is 11.2. The Kier molecular flexibility index (Phi) is 2.99. The van der Waals surface area contributed by atoms with Gasteiger partial charge < -0.3 is 9.47 Å². The van der Waals surface area contributed by atoms with Gasteiger partial charge >= 0.3 is 0 Å². The molecule has 0 bridgehead atoms. The van der Waals surface area contributed by atoms with E-state index >= 15 is 0 Å². The molecule has 1 aromatic rings.